The number of anilines is 1. The molecule has 1 aromatic heterocycles. The number of nitrogens with one attached hydrogen (secondary N) is 1. The summed E-state index contributed by atoms with van der Waals surface area (Å²) in [5.41, 5.74) is 2.85. The highest BCUT2D eigenvalue weighted by molar-refractivity contribution is 5.95. The highest BCUT2D eigenvalue weighted by Gasteiger charge is 2.11. The van der Waals surface area contributed by atoms with Gasteiger partial charge in [-0.1, -0.05) is 6.07 Å². The van der Waals surface area contributed by atoms with Crippen molar-refractivity contribution in [1.82, 2.24) is 9.78 Å². The first-order valence-corrected chi connectivity index (χ1v) is 6.96. The van der Waals surface area contributed by atoms with Gasteiger partial charge in [0.05, 0.1) is 18.9 Å². The molecule has 2 aromatic rings. The molecule has 0 spiro atoms. The molecule has 0 unspecified atom stereocenters. The average molecular weight is 301 g/mol. The molecule has 116 valence electrons. The lowest BCUT2D eigenvalue weighted by Gasteiger charge is -2.08. The van der Waals surface area contributed by atoms with Crippen LogP contribution < -0.4 is 5.32 Å². The van der Waals surface area contributed by atoms with Gasteiger partial charge < -0.3 is 10.1 Å². The number of methoxy groups -OCH3 is 1. The van der Waals surface area contributed by atoms with E-state index in [2.05, 4.69) is 10.4 Å². The monoisotopic (exact) mass is 301 g/mol. The molecule has 0 saturated heterocycles. The normalized spacial score (nSPS) is 10.3. The van der Waals surface area contributed by atoms with Crippen LogP contribution in [0.15, 0.2) is 30.6 Å². The average Bonchev–Trinajstić information content (AvgIpc) is 2.92. The Labute approximate surface area is 129 Å². The summed E-state index contributed by atoms with van der Waals surface area (Å²) < 4.78 is 6.43. The van der Waals surface area contributed by atoms with Gasteiger partial charge in [-0.25, -0.2) is 4.79 Å². The van der Waals surface area contributed by atoms with E-state index in [0.717, 1.165) is 11.1 Å². The smallest absolute Gasteiger partial charge is 0.338 e. The maximum absolute atomic E-state index is 12.0. The number of benzene rings is 1. The molecule has 0 saturated carbocycles. The number of carbonyl (C=O) groups is 2. The number of hydrogen-bond donors (Lipinski definition) is 1. The van der Waals surface area contributed by atoms with E-state index < -0.39 is 5.97 Å². The SMILES string of the molecule is COC(=O)c1cc(NC(=O)CCc2cnn(C)c2)ccc1C. The van der Waals surface area contributed by atoms with Crippen LogP contribution in [-0.2, 0) is 23.0 Å². The van der Waals surface area contributed by atoms with Crippen LogP contribution in [0.2, 0.25) is 0 Å². The molecular formula is C16H19N3O3. The van der Waals surface area contributed by atoms with Gasteiger partial charge in [-0.3, -0.25) is 9.48 Å². The van der Waals surface area contributed by atoms with Crippen LogP contribution in [0, 0.1) is 6.92 Å². The minimum atomic E-state index is -0.413. The van der Waals surface area contributed by atoms with Gasteiger partial charge in [0.25, 0.3) is 0 Å². The third kappa shape index (κ3) is 3.94. The lowest BCUT2D eigenvalue weighted by Crippen LogP contribution is -2.13. The molecule has 22 heavy (non-hydrogen) atoms. The van der Waals surface area contributed by atoms with E-state index in [-0.39, 0.29) is 5.91 Å². The Hall–Kier alpha value is -2.63. The Morgan fingerprint density at radius 3 is 2.77 bits per heavy atom. The van der Waals surface area contributed by atoms with Crippen LogP contribution in [0.1, 0.15) is 27.9 Å². The number of amides is 1. The van der Waals surface area contributed by atoms with Crippen molar-refractivity contribution in [2.45, 2.75) is 19.8 Å². The fraction of sp³-hybridized carbons (Fsp3) is 0.312. The number of aryl methyl sites for hydroxylation is 3. The number of ether oxygens (including phenoxy) is 1. The molecule has 1 heterocycles. The van der Waals surface area contributed by atoms with E-state index in [1.54, 1.807) is 29.1 Å². The topological polar surface area (TPSA) is 73.2 Å². The second kappa shape index (κ2) is 6.89. The standard InChI is InChI=1S/C16H19N3O3/c1-11-4-6-13(8-14(11)16(21)22-3)18-15(20)7-5-12-9-17-19(2)10-12/h4,6,8-10H,5,7H2,1-3H3,(H,18,20). The largest absolute Gasteiger partial charge is 0.465 e. The van der Waals surface area contributed by atoms with Crippen molar-refractivity contribution in [2.24, 2.45) is 7.05 Å². The summed E-state index contributed by atoms with van der Waals surface area (Å²) in [5.74, 6) is -0.521. The summed E-state index contributed by atoms with van der Waals surface area (Å²) in [6.07, 6.45) is 4.60. The maximum Gasteiger partial charge on any atom is 0.338 e. The minimum absolute atomic E-state index is 0.108. The Bertz CT molecular complexity index is 692. The number of rotatable bonds is 5. The molecule has 0 aliphatic rings. The molecule has 1 N–H and O–H groups in total. The van der Waals surface area contributed by atoms with Gasteiger partial charge in [0.1, 0.15) is 0 Å². The van der Waals surface area contributed by atoms with Gasteiger partial charge >= 0.3 is 5.97 Å². The third-order valence-corrected chi connectivity index (χ3v) is 3.33. The third-order valence-electron chi connectivity index (χ3n) is 3.33. The predicted molar refractivity (Wildman–Crippen MR) is 82.7 cm³/mol. The molecule has 0 fully saturated rings. The van der Waals surface area contributed by atoms with Gasteiger partial charge in [0, 0.05) is 25.4 Å². The van der Waals surface area contributed by atoms with E-state index in [4.69, 9.17) is 4.74 Å². The zero-order valence-corrected chi connectivity index (χ0v) is 12.9. The number of nitrogens with zero attached hydrogens (tertiary/aromatic N) is 2. The second-order valence-electron chi connectivity index (χ2n) is 5.09. The van der Waals surface area contributed by atoms with Gasteiger partial charge in [-0.15, -0.1) is 0 Å². The van der Waals surface area contributed by atoms with Crippen molar-refractivity contribution in [3.8, 4) is 0 Å². The summed E-state index contributed by atoms with van der Waals surface area (Å²) in [5, 5.41) is 6.85. The Kier molecular flexibility index (Phi) is 4.93. The fourth-order valence-corrected chi connectivity index (χ4v) is 2.11. The molecule has 0 aliphatic heterocycles. The van der Waals surface area contributed by atoms with Gasteiger partial charge in [0.15, 0.2) is 0 Å². The van der Waals surface area contributed by atoms with Crippen molar-refractivity contribution in [2.75, 3.05) is 12.4 Å². The molecule has 1 aromatic carbocycles. The summed E-state index contributed by atoms with van der Waals surface area (Å²) in [7, 11) is 3.17. The first-order chi connectivity index (χ1) is 10.5. The molecule has 6 nitrogen and oxygen atoms in total. The molecule has 0 aliphatic carbocycles. The van der Waals surface area contributed by atoms with Crippen molar-refractivity contribution in [1.29, 1.82) is 0 Å². The lowest BCUT2D eigenvalue weighted by atomic mass is 10.1. The zero-order chi connectivity index (χ0) is 16.1. The Morgan fingerprint density at radius 2 is 2.14 bits per heavy atom. The van der Waals surface area contributed by atoms with Crippen LogP contribution in [-0.4, -0.2) is 28.8 Å². The van der Waals surface area contributed by atoms with Gasteiger partial charge in [-0.05, 0) is 36.6 Å². The van der Waals surface area contributed by atoms with Crippen LogP contribution in [0.5, 0.6) is 0 Å². The maximum atomic E-state index is 12.0. The second-order valence-corrected chi connectivity index (χ2v) is 5.09. The number of carbonyl (C=O) groups excluding carboxylic acids is 2. The van der Waals surface area contributed by atoms with Crippen molar-refractivity contribution < 1.29 is 14.3 Å². The number of aromatic nitrogens is 2. The molecule has 0 atom stereocenters. The highest BCUT2D eigenvalue weighted by Crippen LogP contribution is 2.16. The van der Waals surface area contributed by atoms with E-state index in [0.29, 0.717) is 24.1 Å². The first-order valence-electron chi connectivity index (χ1n) is 6.96. The van der Waals surface area contributed by atoms with Gasteiger partial charge in [-0.2, -0.15) is 5.10 Å². The van der Waals surface area contributed by atoms with E-state index >= 15 is 0 Å². The summed E-state index contributed by atoms with van der Waals surface area (Å²) >= 11 is 0. The van der Waals surface area contributed by atoms with Crippen LogP contribution in [0.25, 0.3) is 0 Å². The van der Waals surface area contributed by atoms with Crippen LogP contribution >= 0.6 is 0 Å². The quantitative estimate of drug-likeness (QED) is 0.858. The molecule has 2 rings (SSSR count). The predicted octanol–water partition coefficient (Wildman–Crippen LogP) is 2.09. The first kappa shape index (κ1) is 15.8. The minimum Gasteiger partial charge on any atom is -0.465 e. The van der Waals surface area contributed by atoms with Crippen LogP contribution in [0.4, 0.5) is 5.69 Å². The molecule has 6 heteroatoms. The highest BCUT2D eigenvalue weighted by atomic mass is 16.5. The van der Waals surface area contributed by atoms with Crippen LogP contribution in [0.3, 0.4) is 0 Å². The van der Waals surface area contributed by atoms with Crippen molar-refractivity contribution in [3.05, 3.63) is 47.3 Å². The molecule has 1 amide bonds. The van der Waals surface area contributed by atoms with E-state index in [1.807, 2.05) is 20.2 Å². The number of hydrogen-bond acceptors (Lipinski definition) is 4. The Balaban J connectivity index is 1.98. The molecule has 0 radical (unpaired) electrons. The zero-order valence-electron chi connectivity index (χ0n) is 12.9. The summed E-state index contributed by atoms with van der Waals surface area (Å²) in [6.45, 7) is 1.82. The fourth-order valence-electron chi connectivity index (χ4n) is 2.11. The summed E-state index contributed by atoms with van der Waals surface area (Å²) in [4.78, 5) is 23.6. The number of esters is 1. The molecular weight excluding hydrogens is 282 g/mol. The van der Waals surface area contributed by atoms with Gasteiger partial charge in [0.2, 0.25) is 5.91 Å². The van der Waals surface area contributed by atoms with Crippen molar-refractivity contribution in [3.63, 3.8) is 0 Å². The van der Waals surface area contributed by atoms with E-state index in [1.165, 1.54) is 7.11 Å². The lowest BCUT2D eigenvalue weighted by molar-refractivity contribution is -0.116. The summed E-state index contributed by atoms with van der Waals surface area (Å²) in [6, 6.07) is 5.18. The molecule has 0 bridgehead atoms. The van der Waals surface area contributed by atoms with Crippen molar-refractivity contribution >= 4 is 17.6 Å². The van der Waals surface area contributed by atoms with E-state index in [9.17, 15) is 9.59 Å². The Morgan fingerprint density at radius 1 is 1.36 bits per heavy atom.